The number of nitrogens with one attached hydrogen (secondary N) is 1. The average molecular weight is 585 g/mol. The average Bonchev–Trinajstić information content (AvgIpc) is 3.56. The second kappa shape index (κ2) is 11.7. The van der Waals surface area contributed by atoms with Crippen molar-refractivity contribution in [2.75, 3.05) is 43.9 Å². The maximum absolute atomic E-state index is 13.4. The molecular formula is C27H32N6O7S. The molecule has 0 spiro atoms. The van der Waals surface area contributed by atoms with Crippen LogP contribution in [0.3, 0.4) is 0 Å². The lowest BCUT2D eigenvalue weighted by Gasteiger charge is -2.25. The zero-order chi connectivity index (χ0) is 29.1. The van der Waals surface area contributed by atoms with Crippen LogP contribution in [0.2, 0.25) is 0 Å². The Bertz CT molecular complexity index is 1530. The Balaban J connectivity index is 1.38. The molecule has 2 atom stereocenters. The third kappa shape index (κ3) is 6.60. The number of nitrogens with zero attached hydrogens (tertiary/aromatic N) is 5. The maximum Gasteiger partial charge on any atom is 0.251 e. The highest BCUT2D eigenvalue weighted by Crippen LogP contribution is 2.29. The van der Waals surface area contributed by atoms with Crippen LogP contribution in [0.1, 0.15) is 21.6 Å². The predicted octanol–water partition coefficient (Wildman–Crippen LogP) is 0.980. The molecule has 5 rings (SSSR count). The van der Waals surface area contributed by atoms with Gasteiger partial charge in [-0.1, -0.05) is 22.9 Å². The number of carbonyl (C=O) groups excluding carboxylic acids is 2. The summed E-state index contributed by atoms with van der Waals surface area (Å²) in [5.74, 6) is 0.0973. The van der Waals surface area contributed by atoms with Crippen LogP contribution < -0.4 is 19.1 Å². The quantitative estimate of drug-likeness (QED) is 0.464. The minimum absolute atomic E-state index is 0.111. The molecule has 4 bridgehead atoms. The van der Waals surface area contributed by atoms with E-state index in [1.54, 1.807) is 53.3 Å². The fraction of sp³-hybridized carbons (Fsp3) is 0.407. The van der Waals surface area contributed by atoms with Gasteiger partial charge in [-0.25, -0.2) is 13.1 Å². The summed E-state index contributed by atoms with van der Waals surface area (Å²) in [4.78, 5) is 28.2. The summed E-state index contributed by atoms with van der Waals surface area (Å²) < 4.78 is 45.3. The third-order valence-electron chi connectivity index (χ3n) is 6.97. The smallest absolute Gasteiger partial charge is 0.251 e. The summed E-state index contributed by atoms with van der Waals surface area (Å²) in [6.07, 6.45) is 2.24. The van der Waals surface area contributed by atoms with Crippen molar-refractivity contribution >= 4 is 27.5 Å². The van der Waals surface area contributed by atoms with Crippen molar-refractivity contribution in [2.45, 2.75) is 32.2 Å². The number of fused-ring (bicyclic) bond motifs is 5. The van der Waals surface area contributed by atoms with Gasteiger partial charge in [0, 0.05) is 18.7 Å². The van der Waals surface area contributed by atoms with E-state index in [4.69, 9.17) is 14.2 Å². The van der Waals surface area contributed by atoms with Crippen molar-refractivity contribution in [3.8, 4) is 11.5 Å². The Hall–Kier alpha value is -4.17. The van der Waals surface area contributed by atoms with E-state index in [9.17, 15) is 18.0 Å². The number of hydrogen-bond donors (Lipinski definition) is 1. The summed E-state index contributed by atoms with van der Waals surface area (Å²) in [5.41, 5.74) is 2.29. The molecule has 218 valence electrons. The molecule has 2 aliphatic rings. The van der Waals surface area contributed by atoms with Crippen molar-refractivity contribution in [3.05, 3.63) is 65.5 Å². The van der Waals surface area contributed by atoms with Gasteiger partial charge in [0.15, 0.2) is 11.5 Å². The number of methoxy groups -OCH3 is 1. The zero-order valence-corrected chi connectivity index (χ0v) is 23.8. The first-order chi connectivity index (χ1) is 19.6. The Kier molecular flexibility index (Phi) is 8.13. The van der Waals surface area contributed by atoms with E-state index in [2.05, 4.69) is 15.6 Å². The largest absolute Gasteiger partial charge is 0.493 e. The van der Waals surface area contributed by atoms with Crippen LogP contribution in [-0.4, -0.2) is 91.9 Å². The van der Waals surface area contributed by atoms with Crippen LogP contribution in [0.25, 0.3) is 0 Å². The first-order valence-electron chi connectivity index (χ1n) is 13.0. The summed E-state index contributed by atoms with van der Waals surface area (Å²) in [6.45, 7) is 2.60. The molecule has 1 aromatic heterocycles. The number of likely N-dealkylation sites (tertiary alicyclic amines) is 1. The molecule has 2 aliphatic heterocycles. The van der Waals surface area contributed by atoms with Crippen LogP contribution >= 0.6 is 0 Å². The Morgan fingerprint density at radius 3 is 2.71 bits per heavy atom. The van der Waals surface area contributed by atoms with Gasteiger partial charge < -0.3 is 24.4 Å². The monoisotopic (exact) mass is 584 g/mol. The van der Waals surface area contributed by atoms with E-state index in [-0.39, 0.29) is 38.8 Å². The molecule has 2 aromatic carbocycles. The summed E-state index contributed by atoms with van der Waals surface area (Å²) >= 11 is 0. The first-order valence-corrected chi connectivity index (χ1v) is 14.9. The molecule has 3 aromatic rings. The lowest BCUT2D eigenvalue weighted by Crippen LogP contribution is -2.45. The number of aryl methyl sites for hydroxylation is 1. The number of anilines is 1. The Labute approximate surface area is 238 Å². The van der Waals surface area contributed by atoms with Gasteiger partial charge in [-0.15, -0.1) is 5.10 Å². The van der Waals surface area contributed by atoms with Crippen molar-refractivity contribution < 1.29 is 32.2 Å². The number of ether oxygens (including phenoxy) is 3. The second-order valence-electron chi connectivity index (χ2n) is 10.0. The summed E-state index contributed by atoms with van der Waals surface area (Å²) in [7, 11) is -2.23. The van der Waals surface area contributed by atoms with Crippen molar-refractivity contribution in [3.63, 3.8) is 0 Å². The van der Waals surface area contributed by atoms with Crippen molar-refractivity contribution in [1.82, 2.24) is 25.2 Å². The summed E-state index contributed by atoms with van der Waals surface area (Å²) in [6, 6.07) is 11.2. The van der Waals surface area contributed by atoms with E-state index in [1.165, 1.54) is 12.0 Å². The zero-order valence-electron chi connectivity index (χ0n) is 23.0. The second-order valence-corrected chi connectivity index (χ2v) is 11.9. The number of amides is 2. The first kappa shape index (κ1) is 28.4. The highest BCUT2D eigenvalue weighted by atomic mass is 32.2. The lowest BCUT2D eigenvalue weighted by molar-refractivity contribution is -0.129. The van der Waals surface area contributed by atoms with Crippen molar-refractivity contribution in [1.29, 1.82) is 0 Å². The van der Waals surface area contributed by atoms with Gasteiger partial charge >= 0.3 is 0 Å². The van der Waals surface area contributed by atoms with E-state index < -0.39 is 28.1 Å². The molecule has 2 amide bonds. The Morgan fingerprint density at radius 1 is 1.20 bits per heavy atom. The molecule has 1 saturated heterocycles. The molecule has 0 unspecified atom stereocenters. The molecule has 0 aliphatic carbocycles. The van der Waals surface area contributed by atoms with Gasteiger partial charge in [-0.05, 0) is 37.3 Å². The van der Waals surface area contributed by atoms with Crippen LogP contribution in [0, 0.1) is 6.92 Å². The van der Waals surface area contributed by atoms with Crippen LogP contribution in [0.4, 0.5) is 5.69 Å². The van der Waals surface area contributed by atoms with Gasteiger partial charge in [-0.3, -0.25) is 13.9 Å². The van der Waals surface area contributed by atoms with Gasteiger partial charge in [0.2, 0.25) is 15.9 Å². The molecule has 0 radical (unpaired) electrons. The van der Waals surface area contributed by atoms with Crippen LogP contribution in [-0.2, 0) is 32.7 Å². The minimum atomic E-state index is -3.74. The van der Waals surface area contributed by atoms with E-state index in [0.717, 1.165) is 16.1 Å². The topological polar surface area (TPSA) is 145 Å². The number of aromatic nitrogens is 3. The lowest BCUT2D eigenvalue weighted by atomic mass is 10.1. The van der Waals surface area contributed by atoms with Crippen molar-refractivity contribution in [2.24, 2.45) is 0 Å². The standard InChI is InChI=1S/C27H32N6O7S/c1-18-4-7-21(8-5-18)33(41(3,36)37)16-26(34)31-14-22-25(15-31)40-17-20-13-32(30-29-20)10-11-39-24-12-19(27(35)28-22)6-9-23(24)38-2/h4-9,12-13,22,25H,10-11,14-17H2,1-3H3,(H,28,35)/t22-,25-/m0/s1. The third-order valence-corrected chi connectivity index (χ3v) is 8.11. The molecule has 14 heteroatoms. The van der Waals surface area contributed by atoms with Gasteiger partial charge in [0.05, 0.1) is 50.5 Å². The molecular weight excluding hydrogens is 552 g/mol. The molecule has 1 N–H and O–H groups in total. The highest BCUT2D eigenvalue weighted by Gasteiger charge is 2.38. The molecule has 41 heavy (non-hydrogen) atoms. The fourth-order valence-electron chi connectivity index (χ4n) is 4.76. The highest BCUT2D eigenvalue weighted by molar-refractivity contribution is 7.92. The van der Waals surface area contributed by atoms with Crippen LogP contribution in [0.15, 0.2) is 48.7 Å². The van der Waals surface area contributed by atoms with E-state index in [1.807, 2.05) is 6.92 Å². The van der Waals surface area contributed by atoms with Gasteiger partial charge in [0.1, 0.15) is 18.8 Å². The number of carbonyl (C=O) groups is 2. The summed E-state index contributed by atoms with van der Waals surface area (Å²) in [5, 5.41) is 11.2. The number of benzene rings is 2. The van der Waals surface area contributed by atoms with E-state index >= 15 is 0 Å². The van der Waals surface area contributed by atoms with Gasteiger partial charge in [-0.2, -0.15) is 0 Å². The molecule has 13 nitrogen and oxygen atoms in total. The van der Waals surface area contributed by atoms with Crippen LogP contribution in [0.5, 0.6) is 11.5 Å². The Morgan fingerprint density at radius 2 is 1.98 bits per heavy atom. The predicted molar refractivity (Wildman–Crippen MR) is 148 cm³/mol. The molecule has 3 heterocycles. The fourth-order valence-corrected chi connectivity index (χ4v) is 5.61. The minimum Gasteiger partial charge on any atom is -0.493 e. The van der Waals surface area contributed by atoms with Gasteiger partial charge in [0.25, 0.3) is 5.91 Å². The number of sulfonamides is 1. The SMILES string of the molecule is COc1ccc2cc1OCCn1cc(nn1)CO[C@H]1CN(C(=O)CN(c3ccc(C)cc3)S(C)(=O)=O)C[C@@H]1NC2=O. The van der Waals surface area contributed by atoms with E-state index in [0.29, 0.717) is 35.0 Å². The number of rotatable bonds is 5. The maximum atomic E-state index is 13.4. The molecule has 0 saturated carbocycles. The normalized spacial score (nSPS) is 19.3. The number of hydrogen-bond acceptors (Lipinski definition) is 9. The molecule has 1 fully saturated rings.